The van der Waals surface area contributed by atoms with E-state index in [9.17, 15) is 4.79 Å². The van der Waals surface area contributed by atoms with E-state index in [1.165, 1.54) is 37.7 Å². The third-order valence-electron chi connectivity index (χ3n) is 3.79. The number of fused-ring (bicyclic) bond motifs is 1. The third kappa shape index (κ3) is 2.24. The zero-order valence-corrected chi connectivity index (χ0v) is 11.7. The zero-order valence-electron chi connectivity index (χ0n) is 10.1. The van der Waals surface area contributed by atoms with Gasteiger partial charge in [0.25, 0.3) is 0 Å². The molecule has 0 radical (unpaired) electrons. The summed E-state index contributed by atoms with van der Waals surface area (Å²) in [6, 6.07) is 8.09. The Hall–Kier alpha value is -1.09. The number of rotatable bonds is 1. The quantitative estimate of drug-likeness (QED) is 0.721. The molecule has 1 aromatic heterocycles. The molecule has 1 aromatic carbocycles. The minimum Gasteiger partial charge on any atom is -0.422 e. The van der Waals surface area contributed by atoms with E-state index in [2.05, 4.69) is 22.0 Å². The normalized spacial score (nSPS) is 17.2. The van der Waals surface area contributed by atoms with Crippen molar-refractivity contribution in [1.82, 2.24) is 0 Å². The molecular formula is C15H15BrO2. The summed E-state index contributed by atoms with van der Waals surface area (Å²) < 4.78 is 5.81. The smallest absolute Gasteiger partial charge is 0.350 e. The first-order chi connectivity index (χ1) is 8.74. The molecule has 1 aliphatic carbocycles. The van der Waals surface area contributed by atoms with Gasteiger partial charge in [0, 0.05) is 5.39 Å². The average Bonchev–Trinajstić information content (AvgIpc) is 2.41. The van der Waals surface area contributed by atoms with Gasteiger partial charge in [-0.05, 0) is 52.4 Å². The summed E-state index contributed by atoms with van der Waals surface area (Å²) in [6.07, 6.45) is 6.49. The van der Waals surface area contributed by atoms with E-state index in [4.69, 9.17) is 4.42 Å². The van der Waals surface area contributed by atoms with Crippen LogP contribution in [0, 0.1) is 0 Å². The minimum atomic E-state index is -0.303. The standard InChI is InChI=1S/C15H15BrO2/c16-13-8-12-7-6-11(9-14(12)18-15(13)17)10-4-2-1-3-5-10/h6-10H,1-5H2. The maximum absolute atomic E-state index is 11.5. The van der Waals surface area contributed by atoms with Crippen LogP contribution in [-0.2, 0) is 0 Å². The fourth-order valence-corrected chi connectivity index (χ4v) is 3.12. The molecule has 1 heterocycles. The summed E-state index contributed by atoms with van der Waals surface area (Å²) in [6.45, 7) is 0. The van der Waals surface area contributed by atoms with Crippen molar-refractivity contribution in [3.63, 3.8) is 0 Å². The maximum Gasteiger partial charge on any atom is 0.350 e. The summed E-state index contributed by atoms with van der Waals surface area (Å²) in [5, 5.41) is 0.973. The Morgan fingerprint density at radius 1 is 1.11 bits per heavy atom. The van der Waals surface area contributed by atoms with Crippen LogP contribution in [0.4, 0.5) is 0 Å². The van der Waals surface area contributed by atoms with Gasteiger partial charge in [0.2, 0.25) is 0 Å². The zero-order chi connectivity index (χ0) is 12.5. The van der Waals surface area contributed by atoms with E-state index in [1.54, 1.807) is 0 Å². The molecule has 0 atom stereocenters. The minimum absolute atomic E-state index is 0.303. The molecule has 0 saturated heterocycles. The molecule has 2 nitrogen and oxygen atoms in total. The summed E-state index contributed by atoms with van der Waals surface area (Å²) in [5.74, 6) is 0.636. The van der Waals surface area contributed by atoms with Crippen molar-refractivity contribution < 1.29 is 4.42 Å². The summed E-state index contributed by atoms with van der Waals surface area (Å²) in [7, 11) is 0. The molecule has 94 valence electrons. The van der Waals surface area contributed by atoms with Crippen LogP contribution < -0.4 is 5.63 Å². The van der Waals surface area contributed by atoms with Crippen LogP contribution in [0.1, 0.15) is 43.6 Å². The highest BCUT2D eigenvalue weighted by Crippen LogP contribution is 2.33. The van der Waals surface area contributed by atoms with E-state index in [0.29, 0.717) is 16.0 Å². The summed E-state index contributed by atoms with van der Waals surface area (Å²) in [4.78, 5) is 11.5. The van der Waals surface area contributed by atoms with Gasteiger partial charge in [-0.2, -0.15) is 0 Å². The highest BCUT2D eigenvalue weighted by Gasteiger charge is 2.16. The average molecular weight is 307 g/mol. The fraction of sp³-hybridized carbons (Fsp3) is 0.400. The lowest BCUT2D eigenvalue weighted by Crippen LogP contribution is -2.05. The Bertz CT molecular complexity index is 624. The highest BCUT2D eigenvalue weighted by molar-refractivity contribution is 9.10. The van der Waals surface area contributed by atoms with Crippen molar-refractivity contribution in [3.05, 3.63) is 44.7 Å². The molecule has 0 unspecified atom stereocenters. The van der Waals surface area contributed by atoms with Crippen molar-refractivity contribution in [2.24, 2.45) is 0 Å². The number of hydrogen-bond acceptors (Lipinski definition) is 2. The molecule has 0 aliphatic heterocycles. The molecule has 1 aliphatic rings. The van der Waals surface area contributed by atoms with Crippen LogP contribution in [0.2, 0.25) is 0 Å². The Labute approximate surface area is 114 Å². The van der Waals surface area contributed by atoms with E-state index < -0.39 is 0 Å². The summed E-state index contributed by atoms with van der Waals surface area (Å²) >= 11 is 3.21. The first kappa shape index (κ1) is 12.0. The molecule has 18 heavy (non-hydrogen) atoms. The Balaban J connectivity index is 2.04. The van der Waals surface area contributed by atoms with Crippen LogP contribution in [0.15, 0.2) is 37.9 Å². The molecule has 2 aromatic rings. The lowest BCUT2D eigenvalue weighted by atomic mass is 9.84. The van der Waals surface area contributed by atoms with Gasteiger partial charge in [0.1, 0.15) is 10.1 Å². The molecule has 0 amide bonds. The topological polar surface area (TPSA) is 30.2 Å². The molecule has 0 spiro atoms. The second kappa shape index (κ2) is 4.88. The van der Waals surface area contributed by atoms with E-state index in [1.807, 2.05) is 18.2 Å². The first-order valence-corrected chi connectivity index (χ1v) is 7.26. The predicted octanol–water partition coefficient (Wildman–Crippen LogP) is 4.60. The SMILES string of the molecule is O=c1oc2cc(C3CCCCC3)ccc2cc1Br. The van der Waals surface area contributed by atoms with Crippen LogP contribution >= 0.6 is 15.9 Å². The molecule has 3 rings (SSSR count). The Kier molecular flexibility index (Phi) is 3.25. The van der Waals surface area contributed by atoms with E-state index >= 15 is 0 Å². The molecule has 0 bridgehead atoms. The van der Waals surface area contributed by atoms with Crippen molar-refractivity contribution >= 4 is 26.9 Å². The van der Waals surface area contributed by atoms with Gasteiger partial charge >= 0.3 is 5.63 Å². The van der Waals surface area contributed by atoms with Gasteiger partial charge in [-0.15, -0.1) is 0 Å². The second-order valence-electron chi connectivity index (χ2n) is 5.01. The Morgan fingerprint density at radius 2 is 1.89 bits per heavy atom. The maximum atomic E-state index is 11.5. The molecule has 1 fully saturated rings. The lowest BCUT2D eigenvalue weighted by Gasteiger charge is -2.21. The molecule has 1 saturated carbocycles. The third-order valence-corrected chi connectivity index (χ3v) is 4.35. The summed E-state index contributed by atoms with van der Waals surface area (Å²) in [5.41, 5.74) is 1.71. The molecule has 3 heteroatoms. The largest absolute Gasteiger partial charge is 0.422 e. The van der Waals surface area contributed by atoms with Gasteiger partial charge in [-0.25, -0.2) is 4.79 Å². The van der Waals surface area contributed by atoms with Crippen molar-refractivity contribution in [2.45, 2.75) is 38.0 Å². The van der Waals surface area contributed by atoms with Gasteiger partial charge < -0.3 is 4.42 Å². The fourth-order valence-electron chi connectivity index (χ4n) is 2.79. The molecule has 0 N–H and O–H groups in total. The number of benzene rings is 1. The van der Waals surface area contributed by atoms with Gasteiger partial charge in [0.15, 0.2) is 0 Å². The van der Waals surface area contributed by atoms with E-state index in [0.717, 1.165) is 5.39 Å². The lowest BCUT2D eigenvalue weighted by molar-refractivity contribution is 0.443. The second-order valence-corrected chi connectivity index (χ2v) is 5.87. The molecular weight excluding hydrogens is 292 g/mol. The number of hydrogen-bond donors (Lipinski definition) is 0. The first-order valence-electron chi connectivity index (χ1n) is 6.47. The van der Waals surface area contributed by atoms with Crippen LogP contribution in [0.5, 0.6) is 0 Å². The van der Waals surface area contributed by atoms with E-state index in [-0.39, 0.29) is 5.63 Å². The van der Waals surface area contributed by atoms with Crippen LogP contribution in [-0.4, -0.2) is 0 Å². The van der Waals surface area contributed by atoms with Crippen molar-refractivity contribution in [1.29, 1.82) is 0 Å². The van der Waals surface area contributed by atoms with Crippen molar-refractivity contribution in [3.8, 4) is 0 Å². The van der Waals surface area contributed by atoms with Crippen molar-refractivity contribution in [2.75, 3.05) is 0 Å². The highest BCUT2D eigenvalue weighted by atomic mass is 79.9. The van der Waals surface area contributed by atoms with Crippen LogP contribution in [0.3, 0.4) is 0 Å². The number of halogens is 1. The van der Waals surface area contributed by atoms with Gasteiger partial charge in [0.05, 0.1) is 0 Å². The van der Waals surface area contributed by atoms with Gasteiger partial charge in [-0.3, -0.25) is 0 Å². The monoisotopic (exact) mass is 306 g/mol. The Morgan fingerprint density at radius 3 is 2.67 bits per heavy atom. The van der Waals surface area contributed by atoms with Gasteiger partial charge in [-0.1, -0.05) is 31.4 Å². The van der Waals surface area contributed by atoms with Crippen LogP contribution in [0.25, 0.3) is 11.0 Å². The predicted molar refractivity (Wildman–Crippen MR) is 76.0 cm³/mol.